The maximum Gasteiger partial charge on any atom is 0.290 e. The lowest BCUT2D eigenvalue weighted by molar-refractivity contribution is 0.0946. The summed E-state index contributed by atoms with van der Waals surface area (Å²) in [5, 5.41) is 14.3. The predicted molar refractivity (Wildman–Crippen MR) is 111 cm³/mol. The Kier molecular flexibility index (Phi) is 5.88. The summed E-state index contributed by atoms with van der Waals surface area (Å²) in [6, 6.07) is 15.8. The smallest absolute Gasteiger partial charge is 0.289 e. The van der Waals surface area contributed by atoms with E-state index in [4.69, 9.17) is 17.4 Å². The van der Waals surface area contributed by atoms with Crippen LogP contribution in [0.15, 0.2) is 53.3 Å². The van der Waals surface area contributed by atoms with Gasteiger partial charge in [-0.2, -0.15) is 15.0 Å². The number of benzene rings is 2. The molecule has 0 fully saturated rings. The summed E-state index contributed by atoms with van der Waals surface area (Å²) in [6.45, 7) is 1.90. The molecule has 0 saturated carbocycles. The quantitative estimate of drug-likeness (QED) is 0.393. The van der Waals surface area contributed by atoms with Crippen LogP contribution in [-0.4, -0.2) is 15.7 Å². The first kappa shape index (κ1) is 20.0. The van der Waals surface area contributed by atoms with E-state index in [0.29, 0.717) is 16.3 Å². The molecule has 7 nitrogen and oxygen atoms in total. The second-order valence-electron chi connectivity index (χ2n) is 6.13. The zero-order valence-electron chi connectivity index (χ0n) is 15.4. The summed E-state index contributed by atoms with van der Waals surface area (Å²) in [6.07, 6.45) is 3.06. The van der Waals surface area contributed by atoms with Gasteiger partial charge in [-0.1, -0.05) is 59.6 Å². The number of hydrogen-bond acceptors (Lipinski definition) is 5. The average molecular weight is 406 g/mol. The van der Waals surface area contributed by atoms with Crippen LogP contribution in [0.4, 0.5) is 0 Å². The van der Waals surface area contributed by atoms with Gasteiger partial charge >= 0.3 is 0 Å². The first-order valence-electron chi connectivity index (χ1n) is 8.54. The van der Waals surface area contributed by atoms with Gasteiger partial charge in [0.1, 0.15) is 11.6 Å². The van der Waals surface area contributed by atoms with Crippen LogP contribution in [0.2, 0.25) is 5.02 Å². The number of hydrazine groups is 1. The monoisotopic (exact) mass is 405 g/mol. The molecule has 1 amide bonds. The largest absolute Gasteiger partial charge is 0.290 e. The van der Waals surface area contributed by atoms with E-state index in [-0.39, 0.29) is 16.8 Å². The van der Waals surface area contributed by atoms with Gasteiger partial charge in [0.15, 0.2) is 5.69 Å². The number of rotatable bonds is 4. The molecule has 29 heavy (non-hydrogen) atoms. The molecular weight excluding hydrogens is 390 g/mol. The van der Waals surface area contributed by atoms with Gasteiger partial charge in [0.25, 0.3) is 11.5 Å². The first-order valence-corrected chi connectivity index (χ1v) is 8.92. The van der Waals surface area contributed by atoms with E-state index in [2.05, 4.69) is 5.10 Å². The van der Waals surface area contributed by atoms with Gasteiger partial charge in [-0.15, -0.1) is 0 Å². The Bertz CT molecular complexity index is 1210. The maximum atomic E-state index is 12.9. The second kappa shape index (κ2) is 8.52. The van der Waals surface area contributed by atoms with Gasteiger partial charge in [-0.25, -0.2) is 5.84 Å². The first-order chi connectivity index (χ1) is 14.0. The summed E-state index contributed by atoms with van der Waals surface area (Å²) in [5.74, 6) is 4.55. The van der Waals surface area contributed by atoms with Crippen molar-refractivity contribution in [3.8, 4) is 11.8 Å². The van der Waals surface area contributed by atoms with Crippen LogP contribution >= 0.6 is 11.6 Å². The number of carbonyl (C=O) groups is 1. The predicted octanol–water partition coefficient (Wildman–Crippen LogP) is 2.84. The molecule has 144 valence electrons. The van der Waals surface area contributed by atoms with Crippen molar-refractivity contribution in [1.82, 2.24) is 15.2 Å². The molecule has 0 bridgehead atoms. The number of nitrogens with one attached hydrogen (secondary N) is 1. The zero-order valence-corrected chi connectivity index (χ0v) is 16.1. The molecule has 1 heterocycles. The van der Waals surface area contributed by atoms with Crippen molar-refractivity contribution < 1.29 is 4.79 Å². The molecule has 0 unspecified atom stereocenters. The summed E-state index contributed by atoms with van der Waals surface area (Å²) in [5.41, 5.74) is 3.08. The van der Waals surface area contributed by atoms with Crippen molar-refractivity contribution in [2.45, 2.75) is 6.92 Å². The molecule has 0 aliphatic heterocycles. The van der Waals surface area contributed by atoms with Gasteiger partial charge in [0.2, 0.25) is 0 Å². The van der Waals surface area contributed by atoms with Crippen LogP contribution in [0.25, 0.3) is 17.8 Å². The minimum absolute atomic E-state index is 0.0590. The average Bonchev–Trinajstić information content (AvgIpc) is 2.73. The van der Waals surface area contributed by atoms with Gasteiger partial charge < -0.3 is 0 Å². The third kappa shape index (κ3) is 4.09. The molecule has 0 aliphatic carbocycles. The van der Waals surface area contributed by atoms with E-state index in [1.807, 2.05) is 18.4 Å². The molecule has 0 atom stereocenters. The molecule has 3 rings (SSSR count). The van der Waals surface area contributed by atoms with Crippen LogP contribution in [0.3, 0.4) is 0 Å². The van der Waals surface area contributed by atoms with E-state index in [1.165, 1.54) is 6.08 Å². The number of halogens is 1. The number of nitriles is 1. The summed E-state index contributed by atoms with van der Waals surface area (Å²) in [4.78, 5) is 25.2. The summed E-state index contributed by atoms with van der Waals surface area (Å²) in [7, 11) is 0. The fourth-order valence-corrected chi connectivity index (χ4v) is 2.89. The van der Waals surface area contributed by atoms with E-state index in [9.17, 15) is 14.9 Å². The number of nitrogens with zero attached hydrogens (tertiary/aromatic N) is 3. The Balaban J connectivity index is 2.25. The van der Waals surface area contributed by atoms with E-state index >= 15 is 0 Å². The molecule has 0 spiro atoms. The van der Waals surface area contributed by atoms with Gasteiger partial charge in [-0.05, 0) is 30.7 Å². The molecule has 0 aliphatic rings. The molecule has 3 N–H and O–H groups in total. The van der Waals surface area contributed by atoms with Crippen molar-refractivity contribution in [3.05, 3.63) is 91.9 Å². The Morgan fingerprint density at radius 2 is 1.90 bits per heavy atom. The number of nitrogen functional groups attached to an aromatic ring is 1. The minimum Gasteiger partial charge on any atom is -0.289 e. The molecule has 0 radical (unpaired) electrons. The minimum atomic E-state index is -0.735. The highest BCUT2D eigenvalue weighted by Gasteiger charge is 2.21. The van der Waals surface area contributed by atoms with Crippen molar-refractivity contribution in [2.75, 3.05) is 0 Å². The topological polar surface area (TPSA) is 114 Å². The van der Waals surface area contributed by atoms with Crippen LogP contribution in [-0.2, 0) is 0 Å². The highest BCUT2D eigenvalue weighted by molar-refractivity contribution is 6.32. The lowest BCUT2D eigenvalue weighted by atomic mass is 10.1. The van der Waals surface area contributed by atoms with Crippen LogP contribution < -0.4 is 16.8 Å². The molecule has 8 heteroatoms. The van der Waals surface area contributed by atoms with E-state index < -0.39 is 11.5 Å². The fourth-order valence-electron chi connectivity index (χ4n) is 2.69. The van der Waals surface area contributed by atoms with Crippen molar-refractivity contribution in [1.29, 1.82) is 5.26 Å². The van der Waals surface area contributed by atoms with Crippen molar-refractivity contribution in [2.24, 2.45) is 5.84 Å². The number of aryl methyl sites for hydroxylation is 1. The molecule has 0 saturated heterocycles. The third-order valence-corrected chi connectivity index (χ3v) is 4.55. The molecule has 3 aromatic rings. The van der Waals surface area contributed by atoms with Gasteiger partial charge in [0.05, 0.1) is 5.69 Å². The van der Waals surface area contributed by atoms with E-state index in [1.54, 1.807) is 54.6 Å². The zero-order chi connectivity index (χ0) is 21.0. The fraction of sp³-hybridized carbons (Fsp3) is 0.0476. The normalized spacial score (nSPS) is 10.7. The Morgan fingerprint density at radius 3 is 2.52 bits per heavy atom. The van der Waals surface area contributed by atoms with Crippen LogP contribution in [0.1, 0.15) is 32.7 Å². The van der Waals surface area contributed by atoms with Crippen LogP contribution in [0.5, 0.6) is 0 Å². The Morgan fingerprint density at radius 1 is 1.21 bits per heavy atom. The van der Waals surface area contributed by atoms with Gasteiger partial charge in [-0.3, -0.25) is 15.0 Å². The number of hydrogen-bond donors (Lipinski definition) is 2. The van der Waals surface area contributed by atoms with Crippen molar-refractivity contribution in [3.63, 3.8) is 0 Å². The highest BCUT2D eigenvalue weighted by Crippen LogP contribution is 2.20. The third-order valence-electron chi connectivity index (χ3n) is 4.20. The number of aromatic nitrogens is 2. The lowest BCUT2D eigenvalue weighted by Gasteiger charge is -2.11. The lowest BCUT2D eigenvalue weighted by Crippen LogP contribution is -2.35. The SMILES string of the molecule is Cc1ccc(-n2nc(C(=O)NN)c(/C=C/c3ccccc3Cl)c(C#N)c2=O)cc1. The standard InChI is InChI=1S/C21H16ClN5O2/c1-13-6-9-15(10-7-13)27-21(29)17(12-23)16(19(26-27)20(28)25-24)11-8-14-4-2-3-5-18(14)22/h2-11H,24H2,1H3,(H,25,28)/b11-8+. The molecule has 2 aromatic carbocycles. The number of nitrogens with two attached hydrogens (primary N) is 1. The van der Waals surface area contributed by atoms with Crippen LogP contribution in [0, 0.1) is 18.3 Å². The Labute approximate surface area is 171 Å². The molecular formula is C21H16ClN5O2. The summed E-state index contributed by atoms with van der Waals surface area (Å²) >= 11 is 6.15. The molecule has 1 aromatic heterocycles. The van der Waals surface area contributed by atoms with Crippen molar-refractivity contribution >= 4 is 29.7 Å². The Hall–Kier alpha value is -3.73. The highest BCUT2D eigenvalue weighted by atomic mass is 35.5. The van der Waals surface area contributed by atoms with Gasteiger partial charge in [0, 0.05) is 10.6 Å². The van der Waals surface area contributed by atoms with E-state index in [0.717, 1.165) is 10.2 Å². The maximum absolute atomic E-state index is 12.9. The number of amides is 1. The second-order valence-corrected chi connectivity index (χ2v) is 6.54. The number of carbonyl (C=O) groups excluding carboxylic acids is 1. The summed E-state index contributed by atoms with van der Waals surface area (Å²) < 4.78 is 1.01.